The molecule has 0 atom stereocenters. The molecule has 0 aliphatic carbocycles. The van der Waals surface area contributed by atoms with E-state index in [0.29, 0.717) is 0 Å². The first-order chi connectivity index (χ1) is 29.0. The molecule has 0 fully saturated rings. The van der Waals surface area contributed by atoms with Crippen LogP contribution in [0.15, 0.2) is 170 Å². The van der Waals surface area contributed by atoms with E-state index in [1.54, 1.807) is 12.4 Å². The van der Waals surface area contributed by atoms with Gasteiger partial charge in [-0.05, 0) is 84.5 Å². The van der Waals surface area contributed by atoms with E-state index in [2.05, 4.69) is 127 Å². The molecular weight excluding hydrogens is 822 g/mol. The number of aryl methyl sites for hydroxylation is 1. The summed E-state index contributed by atoms with van der Waals surface area (Å²) in [4.78, 5) is 25.7. The Morgan fingerprint density at radius 1 is 0.443 bits per heavy atom. The van der Waals surface area contributed by atoms with E-state index in [1.807, 2.05) is 103 Å². The molecule has 0 N–H and O–H groups in total. The summed E-state index contributed by atoms with van der Waals surface area (Å²) < 4.78 is 7.50. The number of rotatable bonds is 6. The van der Waals surface area contributed by atoms with Crippen LogP contribution in [0.3, 0.4) is 0 Å². The molecule has 1 radical (unpaired) electrons. The second-order valence-electron chi connectivity index (χ2n) is 12.5. The van der Waals surface area contributed by atoms with Gasteiger partial charge in [-0.15, -0.1) is 12.3 Å². The summed E-state index contributed by atoms with van der Waals surface area (Å²) in [6, 6.07) is 49.7. The minimum atomic E-state index is 0. The minimum Gasteiger partial charge on any atom is -0.448 e. The smallest absolute Gasteiger partial charge is 0.0892 e. The van der Waals surface area contributed by atoms with Crippen molar-refractivity contribution in [2.75, 3.05) is 0 Å². The van der Waals surface area contributed by atoms with E-state index in [-0.39, 0.29) is 53.7 Å². The molecule has 0 saturated carbocycles. The molecule has 3 aromatic heterocycles. The molecule has 0 saturated heterocycles. The van der Waals surface area contributed by atoms with Crippen molar-refractivity contribution in [3.63, 3.8) is 0 Å². The molecule has 0 spiro atoms. The van der Waals surface area contributed by atoms with Crippen molar-refractivity contribution >= 4 is 33.1 Å². The van der Waals surface area contributed by atoms with Gasteiger partial charge in [-0.3, -0.25) is 19.9 Å². The van der Waals surface area contributed by atoms with Gasteiger partial charge >= 0.3 is 0 Å². The summed E-state index contributed by atoms with van der Waals surface area (Å²) in [7, 11) is 0. The molecule has 0 bridgehead atoms. The molecule has 0 amide bonds. The number of benzene rings is 6. The summed E-state index contributed by atoms with van der Waals surface area (Å²) in [6.45, 7) is 14.0. The molecule has 313 valence electrons. The van der Waals surface area contributed by atoms with Gasteiger partial charge in [-0.25, -0.2) is 4.98 Å². The standard InChI is InChI=1S/C16H14N2.C15H12N2.C15H11N2.3C2H6.2CH4.Y/c1-12-11-17-15-8-7-14(10-16(15)18-12)9-13-5-3-2-4-6-13;2*1-2-4-12(5-3-1)10-13-6-7-14-15(11-13)17-9-8-16-14;3*1-2;;;/h2-8,10-11H,9H2,1H3;1-9,11H,10H2;1-8,11H,10H2;3*1-2H3;2*1H4;/q;;-1;;;;;;/i;9D;;;;;;;. The second-order valence-corrected chi connectivity index (χ2v) is 12.5. The fourth-order valence-corrected chi connectivity index (χ4v) is 5.90. The molecule has 61 heavy (non-hydrogen) atoms. The van der Waals surface area contributed by atoms with Gasteiger partial charge in [0.2, 0.25) is 0 Å². The van der Waals surface area contributed by atoms with Gasteiger partial charge < -0.3 is 4.98 Å². The second kappa shape index (κ2) is 30.5. The predicted octanol–water partition coefficient (Wildman–Crippen LogP) is 14.1. The average molecular weight is 886 g/mol. The fraction of sp³-hybridized carbons (Fsp3) is 0.222. The Morgan fingerprint density at radius 2 is 0.852 bits per heavy atom. The Balaban J connectivity index is 0.000000428. The van der Waals surface area contributed by atoms with Crippen LogP contribution in [0.1, 0.15) is 96.8 Å². The number of fused-ring (bicyclic) bond motifs is 3. The fourth-order valence-electron chi connectivity index (χ4n) is 5.90. The van der Waals surface area contributed by atoms with Crippen molar-refractivity contribution in [3.05, 3.63) is 216 Å². The largest absolute Gasteiger partial charge is 0.448 e. The van der Waals surface area contributed by atoms with Crippen molar-refractivity contribution < 1.29 is 34.1 Å². The Morgan fingerprint density at radius 3 is 1.33 bits per heavy atom. The maximum absolute atomic E-state index is 7.50. The Hall–Kier alpha value is -5.56. The summed E-state index contributed by atoms with van der Waals surface area (Å²) in [5.41, 5.74) is 13.9. The van der Waals surface area contributed by atoms with Crippen LogP contribution in [0.4, 0.5) is 0 Å². The predicted molar refractivity (Wildman–Crippen MR) is 257 cm³/mol. The van der Waals surface area contributed by atoms with Crippen molar-refractivity contribution in [2.45, 2.75) is 82.6 Å². The van der Waals surface area contributed by atoms with Gasteiger partial charge in [-0.1, -0.05) is 183 Å². The number of hydrogen-bond donors (Lipinski definition) is 0. The molecule has 6 aromatic carbocycles. The third kappa shape index (κ3) is 17.5. The summed E-state index contributed by atoms with van der Waals surface area (Å²) >= 11 is 0. The maximum Gasteiger partial charge on any atom is 0.0892 e. The van der Waals surface area contributed by atoms with E-state index >= 15 is 0 Å². The minimum absolute atomic E-state index is 0. The van der Waals surface area contributed by atoms with Crippen LogP contribution in [-0.4, -0.2) is 29.9 Å². The van der Waals surface area contributed by atoms with Crippen molar-refractivity contribution in [2.24, 2.45) is 0 Å². The molecule has 6 nitrogen and oxygen atoms in total. The maximum atomic E-state index is 7.50. The zero-order valence-electron chi connectivity index (χ0n) is 36.5. The number of aromatic nitrogens is 6. The van der Waals surface area contributed by atoms with Gasteiger partial charge in [0.25, 0.3) is 0 Å². The molecule has 0 aliphatic rings. The number of nitrogens with zero attached hydrogens (tertiary/aromatic N) is 6. The quantitative estimate of drug-likeness (QED) is 0.155. The normalized spacial score (nSPS) is 9.59. The Bertz CT molecular complexity index is 2450. The molecule has 0 unspecified atom stereocenters. The average Bonchev–Trinajstić information content (AvgIpc) is 3.30. The number of hydrogen-bond acceptors (Lipinski definition) is 6. The van der Waals surface area contributed by atoms with Gasteiger partial charge in [0.05, 0.1) is 29.1 Å². The van der Waals surface area contributed by atoms with Crippen LogP contribution in [0.25, 0.3) is 33.1 Å². The van der Waals surface area contributed by atoms with Crippen LogP contribution in [0.5, 0.6) is 0 Å². The molecule has 9 rings (SSSR count). The third-order valence-corrected chi connectivity index (χ3v) is 8.45. The van der Waals surface area contributed by atoms with Crippen molar-refractivity contribution in [1.82, 2.24) is 29.9 Å². The topological polar surface area (TPSA) is 77.3 Å². The zero-order chi connectivity index (χ0) is 42.2. The third-order valence-electron chi connectivity index (χ3n) is 8.45. The molecule has 3 heterocycles. The summed E-state index contributed by atoms with van der Waals surface area (Å²) in [6.07, 6.45) is 10.6. The van der Waals surface area contributed by atoms with E-state index in [9.17, 15) is 0 Å². The van der Waals surface area contributed by atoms with Gasteiger partial charge in [-0.2, -0.15) is 0 Å². The summed E-state index contributed by atoms with van der Waals surface area (Å²) in [5.74, 6) is 0. The van der Waals surface area contributed by atoms with Crippen molar-refractivity contribution in [1.29, 1.82) is 0 Å². The van der Waals surface area contributed by atoms with Crippen LogP contribution in [0.2, 0.25) is 0 Å². The SMILES string of the molecule is C.C.CC.CC.CC.Cc1cnc2ccc(Cc3ccccc3)cc2n1.[2H]c1cnc2ccc(Cc3ccccc3)cc2n1.[Y].[c-]1cnc2ccc(Cc3ccccc3)cc2n1. The zero-order valence-corrected chi connectivity index (χ0v) is 38.3. The van der Waals surface area contributed by atoms with E-state index < -0.39 is 0 Å². The van der Waals surface area contributed by atoms with Crippen LogP contribution in [0, 0.1) is 13.1 Å². The monoisotopic (exact) mass is 885 g/mol. The first-order valence-electron chi connectivity index (χ1n) is 20.7. The molecular formula is C54H63N6Y-. The van der Waals surface area contributed by atoms with Crippen molar-refractivity contribution in [3.8, 4) is 0 Å². The molecule has 7 heteroatoms. The van der Waals surface area contributed by atoms with Crippen LogP contribution < -0.4 is 0 Å². The van der Waals surface area contributed by atoms with Gasteiger partial charge in [0.15, 0.2) is 0 Å². The van der Waals surface area contributed by atoms with Crippen LogP contribution in [-0.2, 0) is 52.0 Å². The van der Waals surface area contributed by atoms with Gasteiger partial charge in [0.1, 0.15) is 0 Å². The van der Waals surface area contributed by atoms with E-state index in [0.717, 1.165) is 58.1 Å². The van der Waals surface area contributed by atoms with E-state index in [4.69, 9.17) is 1.37 Å². The molecule has 0 aliphatic heterocycles. The van der Waals surface area contributed by atoms with Crippen LogP contribution >= 0.6 is 0 Å². The first-order valence-corrected chi connectivity index (χ1v) is 20.2. The van der Waals surface area contributed by atoms with E-state index in [1.165, 1.54) is 39.6 Å². The van der Waals surface area contributed by atoms with Gasteiger partial charge in [0, 0.05) is 56.8 Å². The Labute approximate surface area is 392 Å². The summed E-state index contributed by atoms with van der Waals surface area (Å²) in [5, 5.41) is 0. The Kier molecular flexibility index (Phi) is 25.8. The first kappa shape index (κ1) is 51.6. The molecule has 9 aromatic rings.